The molecular weight excluding hydrogens is 273 g/mol. The molecule has 2 aromatic carbocycles. The first-order valence-electron chi connectivity index (χ1n) is 6.37. The molecule has 0 saturated heterocycles. The molecule has 102 valence electrons. The van der Waals surface area contributed by atoms with E-state index in [9.17, 15) is 4.39 Å². The van der Waals surface area contributed by atoms with Crippen LogP contribution in [-0.2, 0) is 0 Å². The Labute approximate surface area is 122 Å². The lowest BCUT2D eigenvalue weighted by Crippen LogP contribution is -2.25. The molecule has 0 spiro atoms. The highest BCUT2D eigenvalue weighted by molar-refractivity contribution is 8.01. The SMILES string of the molecule is C=CCC1Oc2cc(F)ccc2N(c2ccccc2)S1. The second-order valence-corrected chi connectivity index (χ2v) is 5.52. The van der Waals surface area contributed by atoms with Crippen molar-refractivity contribution in [3.63, 3.8) is 0 Å². The predicted octanol–water partition coefficient (Wildman–Crippen LogP) is 4.91. The summed E-state index contributed by atoms with van der Waals surface area (Å²) in [6, 6.07) is 14.6. The van der Waals surface area contributed by atoms with Crippen LogP contribution >= 0.6 is 11.9 Å². The third-order valence-electron chi connectivity index (χ3n) is 2.97. The van der Waals surface area contributed by atoms with Crippen LogP contribution in [0.1, 0.15) is 6.42 Å². The average Bonchev–Trinajstić information content (AvgIpc) is 2.47. The van der Waals surface area contributed by atoms with Crippen LogP contribution in [0.25, 0.3) is 0 Å². The summed E-state index contributed by atoms with van der Waals surface area (Å²) >= 11 is 1.58. The van der Waals surface area contributed by atoms with Gasteiger partial charge in [0.25, 0.3) is 0 Å². The molecule has 0 aromatic heterocycles. The fourth-order valence-electron chi connectivity index (χ4n) is 2.08. The molecule has 1 aliphatic rings. The number of benzene rings is 2. The molecule has 1 unspecified atom stereocenters. The van der Waals surface area contributed by atoms with Crippen LogP contribution in [-0.4, -0.2) is 5.44 Å². The summed E-state index contributed by atoms with van der Waals surface area (Å²) in [4.78, 5) is 0. The first kappa shape index (κ1) is 13.1. The van der Waals surface area contributed by atoms with Crippen molar-refractivity contribution in [3.8, 4) is 5.75 Å². The maximum absolute atomic E-state index is 13.4. The summed E-state index contributed by atoms with van der Waals surface area (Å²) in [7, 11) is 0. The van der Waals surface area contributed by atoms with E-state index in [1.807, 2.05) is 36.4 Å². The maximum atomic E-state index is 13.4. The number of hydrogen-bond donors (Lipinski definition) is 0. The van der Waals surface area contributed by atoms with Crippen molar-refractivity contribution in [2.75, 3.05) is 4.31 Å². The van der Waals surface area contributed by atoms with Gasteiger partial charge in [-0.05, 0) is 24.3 Å². The van der Waals surface area contributed by atoms with E-state index >= 15 is 0 Å². The Balaban J connectivity index is 2.03. The fourth-order valence-corrected chi connectivity index (χ4v) is 3.19. The fraction of sp³-hybridized carbons (Fsp3) is 0.125. The number of ether oxygens (including phenoxy) is 1. The van der Waals surface area contributed by atoms with Crippen molar-refractivity contribution in [1.29, 1.82) is 0 Å². The minimum absolute atomic E-state index is 0.0954. The quantitative estimate of drug-likeness (QED) is 0.588. The Morgan fingerprint density at radius 2 is 2.05 bits per heavy atom. The van der Waals surface area contributed by atoms with Crippen LogP contribution in [0.15, 0.2) is 61.2 Å². The Bertz CT molecular complexity index is 617. The number of halogens is 1. The standard InChI is InChI=1S/C16H14FNOS/c1-2-6-16-19-15-11-12(17)9-10-14(15)18(20-16)13-7-4-3-5-8-13/h2-5,7-11,16H,1,6H2. The number of fused-ring (bicyclic) bond motifs is 1. The molecule has 0 saturated carbocycles. The van der Waals surface area contributed by atoms with Crippen molar-refractivity contribution >= 4 is 23.3 Å². The zero-order valence-electron chi connectivity index (χ0n) is 10.8. The van der Waals surface area contributed by atoms with Crippen LogP contribution in [0, 0.1) is 5.82 Å². The van der Waals surface area contributed by atoms with Gasteiger partial charge in [-0.2, -0.15) is 0 Å². The third-order valence-corrected chi connectivity index (χ3v) is 4.11. The van der Waals surface area contributed by atoms with Gasteiger partial charge in [-0.15, -0.1) is 6.58 Å². The van der Waals surface area contributed by atoms with Gasteiger partial charge in [-0.1, -0.05) is 24.3 Å². The predicted molar refractivity (Wildman–Crippen MR) is 81.8 cm³/mol. The minimum atomic E-state index is -0.291. The van der Waals surface area contributed by atoms with Crippen molar-refractivity contribution in [1.82, 2.24) is 0 Å². The molecular formula is C16H14FNOS. The largest absolute Gasteiger partial charge is 0.475 e. The Morgan fingerprint density at radius 1 is 1.25 bits per heavy atom. The van der Waals surface area contributed by atoms with Gasteiger partial charge in [0.15, 0.2) is 5.44 Å². The first-order chi connectivity index (χ1) is 9.78. The number of hydrogen-bond acceptors (Lipinski definition) is 3. The molecule has 0 bridgehead atoms. The van der Waals surface area contributed by atoms with Gasteiger partial charge in [-0.3, -0.25) is 4.31 Å². The Hall–Kier alpha value is -1.94. The zero-order valence-corrected chi connectivity index (χ0v) is 11.6. The number of para-hydroxylation sites is 1. The molecule has 0 N–H and O–H groups in total. The van der Waals surface area contributed by atoms with E-state index in [4.69, 9.17) is 4.74 Å². The normalized spacial score (nSPS) is 17.2. The molecule has 20 heavy (non-hydrogen) atoms. The Kier molecular flexibility index (Phi) is 3.65. The third kappa shape index (κ3) is 2.51. The summed E-state index contributed by atoms with van der Waals surface area (Å²) in [6.07, 6.45) is 2.51. The molecule has 2 nitrogen and oxygen atoms in total. The lowest BCUT2D eigenvalue weighted by atomic mass is 10.2. The van der Waals surface area contributed by atoms with Crippen molar-refractivity contribution < 1.29 is 9.13 Å². The topological polar surface area (TPSA) is 12.5 Å². The molecule has 1 atom stereocenters. The van der Waals surface area contributed by atoms with Crippen LogP contribution in [0.2, 0.25) is 0 Å². The van der Waals surface area contributed by atoms with E-state index in [0.717, 1.165) is 11.4 Å². The van der Waals surface area contributed by atoms with Crippen molar-refractivity contribution in [2.45, 2.75) is 11.9 Å². The highest BCUT2D eigenvalue weighted by Crippen LogP contribution is 2.46. The highest BCUT2D eigenvalue weighted by Gasteiger charge is 2.27. The summed E-state index contributed by atoms with van der Waals surface area (Å²) in [5.74, 6) is 0.278. The highest BCUT2D eigenvalue weighted by atomic mass is 32.2. The molecule has 0 aliphatic carbocycles. The molecule has 1 aliphatic heterocycles. The van der Waals surface area contributed by atoms with Gasteiger partial charge in [0.05, 0.1) is 11.4 Å². The molecule has 1 heterocycles. The van der Waals surface area contributed by atoms with Gasteiger partial charge in [-0.25, -0.2) is 4.39 Å². The van der Waals surface area contributed by atoms with Crippen LogP contribution in [0.4, 0.5) is 15.8 Å². The molecule has 3 rings (SSSR count). The zero-order chi connectivity index (χ0) is 13.9. The van der Waals surface area contributed by atoms with E-state index in [1.165, 1.54) is 12.1 Å². The number of anilines is 2. The van der Waals surface area contributed by atoms with Gasteiger partial charge < -0.3 is 4.74 Å². The molecule has 0 radical (unpaired) electrons. The van der Waals surface area contributed by atoms with Crippen LogP contribution in [0.3, 0.4) is 0 Å². The smallest absolute Gasteiger partial charge is 0.167 e. The van der Waals surface area contributed by atoms with Gasteiger partial charge in [0.1, 0.15) is 11.6 Å². The Morgan fingerprint density at radius 3 is 2.80 bits per heavy atom. The lowest BCUT2D eigenvalue weighted by molar-refractivity contribution is 0.287. The molecule has 0 fully saturated rings. The van der Waals surface area contributed by atoms with E-state index in [-0.39, 0.29) is 11.3 Å². The average molecular weight is 287 g/mol. The van der Waals surface area contributed by atoms with E-state index < -0.39 is 0 Å². The van der Waals surface area contributed by atoms with E-state index in [1.54, 1.807) is 18.0 Å². The maximum Gasteiger partial charge on any atom is 0.167 e. The minimum Gasteiger partial charge on any atom is -0.475 e. The van der Waals surface area contributed by atoms with Crippen molar-refractivity contribution in [2.24, 2.45) is 0 Å². The van der Waals surface area contributed by atoms with Gasteiger partial charge in [0.2, 0.25) is 0 Å². The van der Waals surface area contributed by atoms with E-state index in [0.29, 0.717) is 12.2 Å². The number of rotatable bonds is 3. The second-order valence-electron chi connectivity index (χ2n) is 4.42. The van der Waals surface area contributed by atoms with Gasteiger partial charge >= 0.3 is 0 Å². The van der Waals surface area contributed by atoms with Crippen LogP contribution in [0.5, 0.6) is 5.75 Å². The summed E-state index contributed by atoms with van der Waals surface area (Å²) < 4.78 is 21.3. The second kappa shape index (κ2) is 5.59. The first-order valence-corrected chi connectivity index (χ1v) is 7.20. The summed E-state index contributed by atoms with van der Waals surface area (Å²) in [5, 5.41) is 0. The van der Waals surface area contributed by atoms with E-state index in [2.05, 4.69) is 10.9 Å². The number of nitrogens with zero attached hydrogens (tertiary/aromatic N) is 1. The summed E-state index contributed by atoms with van der Waals surface area (Å²) in [6.45, 7) is 3.74. The molecule has 0 amide bonds. The molecule has 4 heteroatoms. The monoisotopic (exact) mass is 287 g/mol. The summed E-state index contributed by atoms with van der Waals surface area (Å²) in [5.41, 5.74) is 1.81. The van der Waals surface area contributed by atoms with Crippen molar-refractivity contribution in [3.05, 3.63) is 67.0 Å². The lowest BCUT2D eigenvalue weighted by Gasteiger charge is -2.34. The van der Waals surface area contributed by atoms with Crippen LogP contribution < -0.4 is 9.04 Å². The molecule has 2 aromatic rings. The van der Waals surface area contributed by atoms with Gasteiger partial charge in [0, 0.05) is 24.4 Å².